The van der Waals surface area contributed by atoms with E-state index in [1.807, 2.05) is 0 Å². The molecule has 0 bridgehead atoms. The van der Waals surface area contributed by atoms with E-state index >= 15 is 0 Å². The van der Waals surface area contributed by atoms with E-state index in [1.165, 1.54) is 6.07 Å². The van der Waals surface area contributed by atoms with Gasteiger partial charge in [-0.25, -0.2) is 4.79 Å². The summed E-state index contributed by atoms with van der Waals surface area (Å²) in [4.78, 5) is 23.1. The van der Waals surface area contributed by atoms with Gasteiger partial charge in [0.15, 0.2) is 5.78 Å². The largest absolute Gasteiger partial charge is 0.506 e. The standard InChI is InChI=1S/C24H26F3NO5/c1-23(2,33-22(28)31)12-11-14-3-5-15(6-4-14)13-32-18-10-9-17(20(29)16-7-8-16)21(30)19(18)24(25,26)27/h3-6,9-10,16,30H,7-8,11-13H2,1-2H3,(H2,28,31). The topological polar surface area (TPSA) is 98.8 Å². The van der Waals surface area contributed by atoms with Crippen LogP contribution in [0.25, 0.3) is 0 Å². The first kappa shape index (κ1) is 24.4. The van der Waals surface area contributed by atoms with Gasteiger partial charge in [-0.3, -0.25) is 4.79 Å². The molecular weight excluding hydrogens is 439 g/mol. The van der Waals surface area contributed by atoms with Crippen molar-refractivity contribution in [3.63, 3.8) is 0 Å². The van der Waals surface area contributed by atoms with Crippen LogP contribution in [0.15, 0.2) is 36.4 Å². The van der Waals surface area contributed by atoms with E-state index in [1.54, 1.807) is 38.1 Å². The molecule has 178 valence electrons. The van der Waals surface area contributed by atoms with Gasteiger partial charge in [0.05, 0.1) is 5.56 Å². The molecule has 1 amide bonds. The number of nitrogens with two attached hydrogens (primary N) is 1. The second-order valence-corrected chi connectivity index (χ2v) is 8.76. The molecule has 2 aromatic rings. The number of phenols is 1. The molecule has 6 nitrogen and oxygen atoms in total. The number of hydrogen-bond donors (Lipinski definition) is 2. The summed E-state index contributed by atoms with van der Waals surface area (Å²) in [6.45, 7) is 3.34. The van der Waals surface area contributed by atoms with Crippen LogP contribution in [0.1, 0.15) is 60.2 Å². The summed E-state index contributed by atoms with van der Waals surface area (Å²) in [6, 6.07) is 9.30. The quantitative estimate of drug-likeness (QED) is 0.484. The first-order chi connectivity index (χ1) is 15.4. The summed E-state index contributed by atoms with van der Waals surface area (Å²) in [5.41, 5.74) is 4.22. The predicted molar refractivity (Wildman–Crippen MR) is 114 cm³/mol. The minimum atomic E-state index is -4.89. The van der Waals surface area contributed by atoms with Gasteiger partial charge in [0.1, 0.15) is 29.3 Å². The Morgan fingerprint density at radius 2 is 1.67 bits per heavy atom. The lowest BCUT2D eigenvalue weighted by Gasteiger charge is -2.23. The van der Waals surface area contributed by atoms with E-state index in [2.05, 4.69) is 0 Å². The number of ether oxygens (including phenoxy) is 2. The van der Waals surface area contributed by atoms with E-state index in [-0.39, 0.29) is 18.1 Å². The highest BCUT2D eigenvalue weighted by molar-refractivity contribution is 6.02. The second-order valence-electron chi connectivity index (χ2n) is 8.76. The number of rotatable bonds is 9. The number of carbonyl (C=O) groups is 2. The molecule has 0 aromatic heterocycles. The molecule has 0 unspecified atom stereocenters. The van der Waals surface area contributed by atoms with E-state index in [9.17, 15) is 27.9 Å². The molecule has 9 heteroatoms. The van der Waals surface area contributed by atoms with Crippen LogP contribution >= 0.6 is 0 Å². The fourth-order valence-electron chi connectivity index (χ4n) is 3.46. The number of carbonyl (C=O) groups excluding carboxylic acids is 2. The Bertz CT molecular complexity index is 1030. The summed E-state index contributed by atoms with van der Waals surface area (Å²) in [5.74, 6) is -2.44. The number of amides is 1. The summed E-state index contributed by atoms with van der Waals surface area (Å²) >= 11 is 0. The maximum absolute atomic E-state index is 13.6. The maximum atomic E-state index is 13.6. The molecule has 0 atom stereocenters. The predicted octanol–water partition coefficient (Wildman–Crippen LogP) is 5.39. The Morgan fingerprint density at radius 1 is 1.06 bits per heavy atom. The average molecular weight is 465 g/mol. The first-order valence-electron chi connectivity index (χ1n) is 10.5. The molecule has 1 saturated carbocycles. The van der Waals surface area contributed by atoms with Crippen LogP contribution in [0.2, 0.25) is 0 Å². The number of benzene rings is 2. The maximum Gasteiger partial charge on any atom is 0.423 e. The Kier molecular flexibility index (Phi) is 6.90. The minimum Gasteiger partial charge on any atom is -0.506 e. The molecule has 3 rings (SSSR count). The Hall–Kier alpha value is -3.23. The molecule has 1 aliphatic rings. The van der Waals surface area contributed by atoms with E-state index in [4.69, 9.17) is 15.2 Å². The summed E-state index contributed by atoms with van der Waals surface area (Å²) < 4.78 is 51.3. The summed E-state index contributed by atoms with van der Waals surface area (Å²) in [6.07, 6.45) is -3.37. The molecule has 1 aliphatic carbocycles. The van der Waals surface area contributed by atoms with Crippen molar-refractivity contribution in [1.29, 1.82) is 0 Å². The molecule has 3 N–H and O–H groups in total. The van der Waals surface area contributed by atoms with Gasteiger partial charge >= 0.3 is 12.3 Å². The van der Waals surface area contributed by atoms with Crippen LogP contribution in [-0.4, -0.2) is 22.6 Å². The lowest BCUT2D eigenvalue weighted by Crippen LogP contribution is -2.31. The number of hydrogen-bond acceptors (Lipinski definition) is 5. The van der Waals surface area contributed by atoms with Crippen molar-refractivity contribution >= 4 is 11.9 Å². The zero-order valence-electron chi connectivity index (χ0n) is 18.4. The van der Waals surface area contributed by atoms with Crippen molar-refractivity contribution in [2.75, 3.05) is 0 Å². The third-order valence-corrected chi connectivity index (χ3v) is 5.45. The molecular formula is C24H26F3NO5. The van der Waals surface area contributed by atoms with Gasteiger partial charge < -0.3 is 20.3 Å². The lowest BCUT2D eigenvalue weighted by molar-refractivity contribution is -0.140. The fourth-order valence-corrected chi connectivity index (χ4v) is 3.46. The number of ketones is 1. The smallest absolute Gasteiger partial charge is 0.423 e. The SMILES string of the molecule is CC(C)(CCc1ccc(COc2ccc(C(=O)C3CC3)c(O)c2C(F)(F)F)cc1)OC(N)=O. The molecule has 0 radical (unpaired) electrons. The van der Waals surface area contributed by atoms with Gasteiger partial charge in [0.25, 0.3) is 0 Å². The third-order valence-electron chi connectivity index (χ3n) is 5.45. The highest BCUT2D eigenvalue weighted by Crippen LogP contribution is 2.46. The first-order valence-corrected chi connectivity index (χ1v) is 10.5. The highest BCUT2D eigenvalue weighted by atomic mass is 19.4. The second kappa shape index (κ2) is 9.33. The Morgan fingerprint density at radius 3 is 2.21 bits per heavy atom. The lowest BCUT2D eigenvalue weighted by atomic mass is 9.98. The zero-order valence-corrected chi connectivity index (χ0v) is 18.4. The molecule has 0 heterocycles. The van der Waals surface area contributed by atoms with Crippen LogP contribution in [0.5, 0.6) is 11.5 Å². The number of primary amides is 1. The van der Waals surface area contributed by atoms with Crippen molar-refractivity contribution in [1.82, 2.24) is 0 Å². The molecule has 2 aromatic carbocycles. The number of aryl methyl sites for hydroxylation is 1. The Labute approximate surface area is 189 Å². The van der Waals surface area contributed by atoms with Crippen LogP contribution in [-0.2, 0) is 23.9 Å². The fraction of sp³-hybridized carbons (Fsp3) is 0.417. The van der Waals surface area contributed by atoms with Crippen LogP contribution < -0.4 is 10.5 Å². The van der Waals surface area contributed by atoms with Crippen molar-refractivity contribution in [2.24, 2.45) is 11.7 Å². The normalized spacial score (nSPS) is 14.1. The van der Waals surface area contributed by atoms with Gasteiger partial charge in [-0.15, -0.1) is 0 Å². The molecule has 33 heavy (non-hydrogen) atoms. The van der Waals surface area contributed by atoms with Crippen molar-refractivity contribution < 1.29 is 37.3 Å². The van der Waals surface area contributed by atoms with Gasteiger partial charge in [-0.05, 0) is 62.8 Å². The van der Waals surface area contributed by atoms with Gasteiger partial charge in [0.2, 0.25) is 0 Å². The monoisotopic (exact) mass is 465 g/mol. The van der Waals surface area contributed by atoms with Gasteiger partial charge in [-0.2, -0.15) is 13.2 Å². The Balaban J connectivity index is 1.68. The molecule has 0 spiro atoms. The van der Waals surface area contributed by atoms with E-state index in [0.29, 0.717) is 31.2 Å². The minimum absolute atomic E-state index is 0.158. The van der Waals surface area contributed by atoms with E-state index < -0.39 is 40.7 Å². The van der Waals surface area contributed by atoms with Gasteiger partial charge in [0, 0.05) is 5.92 Å². The number of alkyl halides is 3. The van der Waals surface area contributed by atoms with Crippen molar-refractivity contribution in [3.05, 3.63) is 58.7 Å². The van der Waals surface area contributed by atoms with Crippen LogP contribution in [0.3, 0.4) is 0 Å². The third kappa shape index (κ3) is 6.40. The average Bonchev–Trinajstić information content (AvgIpc) is 3.54. The van der Waals surface area contributed by atoms with Gasteiger partial charge in [-0.1, -0.05) is 24.3 Å². The van der Waals surface area contributed by atoms with E-state index in [0.717, 1.165) is 11.6 Å². The van der Waals surface area contributed by atoms with Crippen molar-refractivity contribution in [2.45, 2.75) is 57.9 Å². The number of aromatic hydroxyl groups is 1. The number of phenolic OH excluding ortho intramolecular Hbond substituents is 1. The number of halogens is 3. The summed E-state index contributed by atoms with van der Waals surface area (Å²) in [5, 5.41) is 10.2. The zero-order chi connectivity index (χ0) is 24.4. The highest BCUT2D eigenvalue weighted by Gasteiger charge is 2.41. The number of Topliss-reactive ketones (excluding diaryl/α,β-unsaturated/α-hetero) is 1. The summed E-state index contributed by atoms with van der Waals surface area (Å²) in [7, 11) is 0. The van der Waals surface area contributed by atoms with Crippen LogP contribution in [0, 0.1) is 5.92 Å². The van der Waals surface area contributed by atoms with Crippen molar-refractivity contribution in [3.8, 4) is 11.5 Å². The molecule has 1 fully saturated rings. The molecule has 0 saturated heterocycles. The van der Waals surface area contributed by atoms with Crippen LogP contribution in [0.4, 0.5) is 18.0 Å². The molecule has 0 aliphatic heterocycles.